The lowest BCUT2D eigenvalue weighted by atomic mass is 9.83. The zero-order valence-electron chi connectivity index (χ0n) is 11.2. The highest BCUT2D eigenvalue weighted by molar-refractivity contribution is 7.91. The molecule has 4 heteroatoms. The maximum atomic E-state index is 11.5. The van der Waals surface area contributed by atoms with Gasteiger partial charge in [-0.15, -0.1) is 0 Å². The van der Waals surface area contributed by atoms with Gasteiger partial charge in [0.15, 0.2) is 9.84 Å². The van der Waals surface area contributed by atoms with Crippen LogP contribution >= 0.6 is 0 Å². The molecule has 1 aliphatic carbocycles. The van der Waals surface area contributed by atoms with E-state index in [1.54, 1.807) is 0 Å². The van der Waals surface area contributed by atoms with Gasteiger partial charge < -0.3 is 5.32 Å². The molecule has 0 aromatic carbocycles. The van der Waals surface area contributed by atoms with E-state index in [-0.39, 0.29) is 0 Å². The molecule has 0 aromatic heterocycles. The molecule has 0 aliphatic heterocycles. The maximum absolute atomic E-state index is 11.5. The van der Waals surface area contributed by atoms with Crippen LogP contribution in [0.1, 0.15) is 46.0 Å². The molecule has 0 atom stereocenters. The summed E-state index contributed by atoms with van der Waals surface area (Å²) in [7, 11) is -2.81. The van der Waals surface area contributed by atoms with Crippen molar-refractivity contribution in [1.29, 1.82) is 0 Å². The predicted molar refractivity (Wildman–Crippen MR) is 72.9 cm³/mol. The molecule has 0 unspecified atom stereocenters. The van der Waals surface area contributed by atoms with Gasteiger partial charge in [0.2, 0.25) is 0 Å². The van der Waals surface area contributed by atoms with Crippen LogP contribution in [0.15, 0.2) is 0 Å². The number of hydrogen-bond donors (Lipinski definition) is 1. The van der Waals surface area contributed by atoms with Gasteiger partial charge in [-0.05, 0) is 37.6 Å². The van der Waals surface area contributed by atoms with Gasteiger partial charge in [-0.1, -0.05) is 26.7 Å². The first-order valence-electron chi connectivity index (χ1n) is 6.94. The van der Waals surface area contributed by atoms with Gasteiger partial charge in [-0.3, -0.25) is 0 Å². The molecule has 0 aromatic rings. The lowest BCUT2D eigenvalue weighted by molar-refractivity contribution is 0.283. The molecule has 0 radical (unpaired) electrons. The van der Waals surface area contributed by atoms with Gasteiger partial charge >= 0.3 is 0 Å². The number of nitrogens with one attached hydrogen (secondary N) is 1. The van der Waals surface area contributed by atoms with Gasteiger partial charge in [-0.25, -0.2) is 8.42 Å². The molecule has 1 fully saturated rings. The van der Waals surface area contributed by atoms with Crippen LogP contribution < -0.4 is 5.32 Å². The Morgan fingerprint density at radius 3 is 2.35 bits per heavy atom. The van der Waals surface area contributed by atoms with Crippen molar-refractivity contribution in [3.8, 4) is 0 Å². The van der Waals surface area contributed by atoms with Crippen molar-refractivity contribution in [2.75, 3.05) is 24.6 Å². The van der Waals surface area contributed by atoms with Gasteiger partial charge in [0, 0.05) is 12.3 Å². The fourth-order valence-corrected chi connectivity index (χ4v) is 3.76. The Morgan fingerprint density at radius 2 is 1.76 bits per heavy atom. The quantitative estimate of drug-likeness (QED) is 0.715. The minimum absolute atomic E-state index is 0.296. The summed E-state index contributed by atoms with van der Waals surface area (Å²) in [6, 6.07) is 0. The third-order valence-electron chi connectivity index (χ3n) is 3.67. The molecule has 0 amide bonds. The van der Waals surface area contributed by atoms with Crippen LogP contribution in [0.4, 0.5) is 0 Å². The summed E-state index contributed by atoms with van der Waals surface area (Å²) in [5.41, 5.74) is 0. The fourth-order valence-electron chi connectivity index (χ4n) is 2.48. The molecule has 0 heterocycles. The number of hydrogen-bond acceptors (Lipinski definition) is 3. The van der Waals surface area contributed by atoms with Gasteiger partial charge in [0.1, 0.15) is 0 Å². The standard InChI is InChI=1S/C13H27NO2S/c1-3-9-17(15,16)10-8-14-11-13-6-4-12(2)5-7-13/h12-14H,3-11H2,1-2H3. The van der Waals surface area contributed by atoms with Crippen LogP contribution in [0.3, 0.4) is 0 Å². The summed E-state index contributed by atoms with van der Waals surface area (Å²) < 4.78 is 23.0. The molecular formula is C13H27NO2S. The molecule has 102 valence electrons. The van der Waals surface area contributed by atoms with Crippen molar-refractivity contribution in [2.24, 2.45) is 11.8 Å². The lowest BCUT2D eigenvalue weighted by Crippen LogP contribution is -2.30. The zero-order valence-corrected chi connectivity index (χ0v) is 12.1. The first kappa shape index (κ1) is 15.0. The van der Waals surface area contributed by atoms with E-state index < -0.39 is 9.84 Å². The van der Waals surface area contributed by atoms with Crippen LogP contribution in [0, 0.1) is 11.8 Å². The Balaban J connectivity index is 2.08. The topological polar surface area (TPSA) is 46.2 Å². The van der Waals surface area contributed by atoms with E-state index in [4.69, 9.17) is 0 Å². The highest BCUT2D eigenvalue weighted by atomic mass is 32.2. The van der Waals surface area contributed by atoms with E-state index in [0.717, 1.165) is 24.8 Å². The van der Waals surface area contributed by atoms with Crippen molar-refractivity contribution >= 4 is 9.84 Å². The second-order valence-corrected chi connectivity index (χ2v) is 7.79. The Labute approximate surface area is 106 Å². The van der Waals surface area contributed by atoms with E-state index in [1.165, 1.54) is 25.7 Å². The minimum Gasteiger partial charge on any atom is -0.315 e. The fraction of sp³-hybridized carbons (Fsp3) is 1.00. The summed E-state index contributed by atoms with van der Waals surface area (Å²) in [5.74, 6) is 2.27. The van der Waals surface area contributed by atoms with Crippen molar-refractivity contribution in [1.82, 2.24) is 5.32 Å². The summed E-state index contributed by atoms with van der Waals surface area (Å²) in [5, 5.41) is 3.31. The average molecular weight is 261 g/mol. The monoisotopic (exact) mass is 261 g/mol. The lowest BCUT2D eigenvalue weighted by Gasteiger charge is -2.26. The summed E-state index contributed by atoms with van der Waals surface area (Å²) in [6.45, 7) is 5.85. The van der Waals surface area contributed by atoms with Crippen molar-refractivity contribution in [2.45, 2.75) is 46.0 Å². The summed E-state index contributed by atoms with van der Waals surface area (Å²) in [6.07, 6.45) is 6.00. The summed E-state index contributed by atoms with van der Waals surface area (Å²) in [4.78, 5) is 0. The first-order valence-corrected chi connectivity index (χ1v) is 8.76. The van der Waals surface area contributed by atoms with Gasteiger partial charge in [-0.2, -0.15) is 0 Å². The van der Waals surface area contributed by atoms with E-state index in [9.17, 15) is 8.42 Å². The van der Waals surface area contributed by atoms with Gasteiger partial charge in [0.05, 0.1) is 5.75 Å². The minimum atomic E-state index is -2.81. The van der Waals surface area contributed by atoms with Crippen molar-refractivity contribution in [3.05, 3.63) is 0 Å². The van der Waals surface area contributed by atoms with Crippen molar-refractivity contribution in [3.63, 3.8) is 0 Å². The Morgan fingerprint density at radius 1 is 1.12 bits per heavy atom. The molecule has 1 rings (SSSR count). The second kappa shape index (κ2) is 7.37. The van der Waals surface area contributed by atoms with Gasteiger partial charge in [0.25, 0.3) is 0 Å². The largest absolute Gasteiger partial charge is 0.315 e. The van der Waals surface area contributed by atoms with E-state index in [2.05, 4.69) is 12.2 Å². The third-order valence-corrected chi connectivity index (χ3v) is 5.53. The Hall–Kier alpha value is -0.0900. The predicted octanol–water partition coefficient (Wildman–Crippen LogP) is 2.23. The molecule has 3 nitrogen and oxygen atoms in total. The zero-order chi connectivity index (χ0) is 12.7. The van der Waals surface area contributed by atoms with Crippen molar-refractivity contribution < 1.29 is 8.42 Å². The third kappa shape index (κ3) is 6.41. The van der Waals surface area contributed by atoms with E-state index in [0.29, 0.717) is 18.1 Å². The normalized spacial score (nSPS) is 26.0. The first-order chi connectivity index (χ1) is 8.03. The molecule has 1 N–H and O–H groups in total. The van der Waals surface area contributed by atoms with Crippen LogP contribution in [-0.4, -0.2) is 33.0 Å². The molecule has 1 saturated carbocycles. The SMILES string of the molecule is CCCS(=O)(=O)CCNCC1CCC(C)CC1. The van der Waals surface area contributed by atoms with E-state index in [1.807, 2.05) is 6.92 Å². The Bertz CT molecular complexity index is 293. The molecular weight excluding hydrogens is 234 g/mol. The van der Waals surface area contributed by atoms with Crippen LogP contribution in [0.2, 0.25) is 0 Å². The molecule has 1 aliphatic rings. The average Bonchev–Trinajstić information content (AvgIpc) is 2.27. The second-order valence-electron chi connectivity index (χ2n) is 5.48. The smallest absolute Gasteiger partial charge is 0.151 e. The molecule has 0 saturated heterocycles. The van der Waals surface area contributed by atoms with Crippen LogP contribution in [0.25, 0.3) is 0 Å². The maximum Gasteiger partial charge on any atom is 0.151 e. The summed E-state index contributed by atoms with van der Waals surface area (Å²) >= 11 is 0. The van der Waals surface area contributed by atoms with Crippen LogP contribution in [0.5, 0.6) is 0 Å². The molecule has 17 heavy (non-hydrogen) atoms. The molecule has 0 spiro atoms. The highest BCUT2D eigenvalue weighted by Gasteiger charge is 2.17. The highest BCUT2D eigenvalue weighted by Crippen LogP contribution is 2.27. The molecule has 0 bridgehead atoms. The van der Waals surface area contributed by atoms with E-state index >= 15 is 0 Å². The van der Waals surface area contributed by atoms with Crippen LogP contribution in [-0.2, 0) is 9.84 Å². The Kier molecular flexibility index (Phi) is 6.49. The number of rotatable bonds is 7. The number of sulfone groups is 1.